The van der Waals surface area contributed by atoms with Gasteiger partial charge >= 0.3 is 5.97 Å². The van der Waals surface area contributed by atoms with Crippen LogP contribution in [0.3, 0.4) is 0 Å². The molecule has 98 valence electrons. The van der Waals surface area contributed by atoms with E-state index in [0.29, 0.717) is 6.42 Å². The van der Waals surface area contributed by atoms with Crippen molar-refractivity contribution in [3.8, 4) is 0 Å². The van der Waals surface area contributed by atoms with Gasteiger partial charge in [-0.1, -0.05) is 19.8 Å². The lowest BCUT2D eigenvalue weighted by Gasteiger charge is -2.24. The maximum Gasteiger partial charge on any atom is 0.326 e. The Kier molecular flexibility index (Phi) is 5.31. The number of carbonyl (C=O) groups excluding carboxylic acids is 1. The summed E-state index contributed by atoms with van der Waals surface area (Å²) in [6.45, 7) is 3.91. The molecule has 1 amide bonds. The van der Waals surface area contributed by atoms with Gasteiger partial charge in [0.2, 0.25) is 5.91 Å². The maximum atomic E-state index is 12.0. The topological polar surface area (TPSA) is 66.4 Å². The largest absolute Gasteiger partial charge is 0.480 e. The van der Waals surface area contributed by atoms with E-state index in [1.54, 1.807) is 11.8 Å². The molecule has 5 heteroatoms. The standard InChI is InChI=1S/C12H21NO3S/c1-3-4-6-9(10(14)15)13-11(16)12(2)7-5-8-17-12/h9H,3-8H2,1-2H3,(H,13,16)(H,14,15). The molecule has 1 heterocycles. The van der Waals surface area contributed by atoms with Crippen LogP contribution in [0, 0.1) is 0 Å². The fraction of sp³-hybridized carbons (Fsp3) is 0.833. The van der Waals surface area contributed by atoms with E-state index in [1.165, 1.54) is 0 Å². The van der Waals surface area contributed by atoms with Gasteiger partial charge in [0, 0.05) is 0 Å². The Labute approximate surface area is 107 Å². The van der Waals surface area contributed by atoms with E-state index in [2.05, 4.69) is 5.32 Å². The fourth-order valence-corrected chi connectivity index (χ4v) is 3.15. The molecule has 2 N–H and O–H groups in total. The highest BCUT2D eigenvalue weighted by Gasteiger charge is 2.38. The third-order valence-corrected chi connectivity index (χ3v) is 4.67. The van der Waals surface area contributed by atoms with E-state index in [1.807, 2.05) is 13.8 Å². The molecule has 17 heavy (non-hydrogen) atoms. The SMILES string of the molecule is CCCCC(NC(=O)C1(C)CCCS1)C(=O)O. The van der Waals surface area contributed by atoms with Crippen LogP contribution in [0.4, 0.5) is 0 Å². The highest BCUT2D eigenvalue weighted by molar-refractivity contribution is 8.01. The first-order valence-corrected chi connectivity index (χ1v) is 7.16. The summed E-state index contributed by atoms with van der Waals surface area (Å²) < 4.78 is -0.431. The van der Waals surface area contributed by atoms with Crippen LogP contribution in [-0.2, 0) is 9.59 Å². The van der Waals surface area contributed by atoms with Crippen LogP contribution in [0.1, 0.15) is 46.0 Å². The summed E-state index contributed by atoms with van der Waals surface area (Å²) in [6, 6.07) is -0.736. The number of thioether (sulfide) groups is 1. The summed E-state index contributed by atoms with van der Waals surface area (Å²) in [6.07, 6.45) is 4.13. The van der Waals surface area contributed by atoms with Gasteiger partial charge in [-0.3, -0.25) is 4.79 Å². The molecule has 1 saturated heterocycles. The minimum absolute atomic E-state index is 0.122. The van der Waals surface area contributed by atoms with E-state index in [9.17, 15) is 9.59 Å². The van der Waals surface area contributed by atoms with E-state index in [-0.39, 0.29) is 5.91 Å². The molecule has 1 fully saturated rings. The molecule has 0 aromatic rings. The lowest BCUT2D eigenvalue weighted by atomic mass is 10.0. The summed E-state index contributed by atoms with van der Waals surface area (Å²) >= 11 is 1.63. The number of carboxylic acid groups (broad SMARTS) is 1. The van der Waals surface area contributed by atoms with Gasteiger partial charge in [0.05, 0.1) is 4.75 Å². The highest BCUT2D eigenvalue weighted by Crippen LogP contribution is 2.37. The van der Waals surface area contributed by atoms with Crippen LogP contribution >= 0.6 is 11.8 Å². The second kappa shape index (κ2) is 6.28. The Bertz CT molecular complexity index is 287. The Morgan fingerprint density at radius 3 is 2.71 bits per heavy atom. The zero-order chi connectivity index (χ0) is 12.9. The lowest BCUT2D eigenvalue weighted by Crippen LogP contribution is -2.48. The molecule has 4 nitrogen and oxygen atoms in total. The van der Waals surface area contributed by atoms with Gasteiger partial charge in [-0.05, 0) is 31.9 Å². The van der Waals surface area contributed by atoms with Crippen LogP contribution in [0.2, 0.25) is 0 Å². The molecule has 0 aromatic carbocycles. The van der Waals surface area contributed by atoms with Crippen molar-refractivity contribution >= 4 is 23.6 Å². The van der Waals surface area contributed by atoms with Gasteiger partial charge < -0.3 is 10.4 Å². The van der Waals surface area contributed by atoms with Gasteiger partial charge in [-0.2, -0.15) is 0 Å². The first-order chi connectivity index (χ1) is 7.99. The van der Waals surface area contributed by atoms with Crippen molar-refractivity contribution in [3.63, 3.8) is 0 Å². The zero-order valence-electron chi connectivity index (χ0n) is 10.5. The molecule has 1 aliphatic heterocycles. The smallest absolute Gasteiger partial charge is 0.326 e. The first kappa shape index (κ1) is 14.4. The van der Waals surface area contributed by atoms with Crippen molar-refractivity contribution in [1.29, 1.82) is 0 Å². The minimum atomic E-state index is -0.932. The third-order valence-electron chi connectivity index (χ3n) is 3.15. The van der Waals surface area contributed by atoms with Gasteiger partial charge in [-0.15, -0.1) is 11.8 Å². The van der Waals surface area contributed by atoms with Crippen LogP contribution in [0.25, 0.3) is 0 Å². The van der Waals surface area contributed by atoms with Crippen molar-refractivity contribution in [3.05, 3.63) is 0 Å². The summed E-state index contributed by atoms with van der Waals surface area (Å²) in [4.78, 5) is 23.1. The van der Waals surface area contributed by atoms with Gasteiger partial charge in [0.15, 0.2) is 0 Å². The monoisotopic (exact) mass is 259 g/mol. The van der Waals surface area contributed by atoms with Gasteiger partial charge in [0.25, 0.3) is 0 Å². The average Bonchev–Trinajstić information content (AvgIpc) is 2.72. The quantitative estimate of drug-likeness (QED) is 0.766. The average molecular weight is 259 g/mol. The summed E-state index contributed by atoms with van der Waals surface area (Å²) in [5.74, 6) is -0.0710. The Hall–Kier alpha value is -0.710. The number of amides is 1. The van der Waals surface area contributed by atoms with E-state index in [4.69, 9.17) is 5.11 Å². The van der Waals surface area contributed by atoms with Crippen LogP contribution in [0.5, 0.6) is 0 Å². The highest BCUT2D eigenvalue weighted by atomic mass is 32.2. The number of hydrogen-bond acceptors (Lipinski definition) is 3. The van der Waals surface area contributed by atoms with Crippen molar-refractivity contribution in [2.75, 3.05) is 5.75 Å². The van der Waals surface area contributed by atoms with Gasteiger partial charge in [-0.25, -0.2) is 4.79 Å². The predicted octanol–water partition coefficient (Wildman–Crippen LogP) is 2.03. The number of carboxylic acids is 1. The fourth-order valence-electron chi connectivity index (χ4n) is 1.93. The molecule has 1 aliphatic rings. The molecule has 0 radical (unpaired) electrons. The number of aliphatic carboxylic acids is 1. The number of unbranched alkanes of at least 4 members (excludes halogenated alkanes) is 1. The van der Waals surface area contributed by atoms with Crippen LogP contribution in [-0.4, -0.2) is 33.5 Å². The molecule has 0 spiro atoms. The summed E-state index contributed by atoms with van der Waals surface area (Å²) in [5.41, 5.74) is 0. The Morgan fingerprint density at radius 2 is 2.24 bits per heavy atom. The van der Waals surface area contributed by atoms with E-state index >= 15 is 0 Å². The summed E-state index contributed by atoms with van der Waals surface area (Å²) in [7, 11) is 0. The van der Waals surface area contributed by atoms with Crippen molar-refractivity contribution in [2.24, 2.45) is 0 Å². The number of carbonyl (C=O) groups is 2. The molecule has 2 atom stereocenters. The molecule has 0 aliphatic carbocycles. The van der Waals surface area contributed by atoms with Crippen molar-refractivity contribution in [2.45, 2.75) is 56.7 Å². The number of rotatable bonds is 6. The Morgan fingerprint density at radius 1 is 1.53 bits per heavy atom. The van der Waals surface area contributed by atoms with E-state index < -0.39 is 16.8 Å². The Balaban J connectivity index is 2.54. The maximum absolute atomic E-state index is 12.0. The first-order valence-electron chi connectivity index (χ1n) is 6.17. The number of nitrogens with one attached hydrogen (secondary N) is 1. The molecule has 0 aromatic heterocycles. The molecule has 0 bridgehead atoms. The van der Waals surface area contributed by atoms with Gasteiger partial charge in [0.1, 0.15) is 6.04 Å². The molecular formula is C12H21NO3S. The lowest BCUT2D eigenvalue weighted by molar-refractivity contribution is -0.142. The second-order valence-corrected chi connectivity index (χ2v) is 6.29. The molecular weight excluding hydrogens is 238 g/mol. The second-order valence-electron chi connectivity index (χ2n) is 4.69. The van der Waals surface area contributed by atoms with Crippen molar-refractivity contribution < 1.29 is 14.7 Å². The third kappa shape index (κ3) is 3.91. The normalized spacial score (nSPS) is 25.5. The molecule has 2 unspecified atom stereocenters. The minimum Gasteiger partial charge on any atom is -0.480 e. The van der Waals surface area contributed by atoms with Crippen LogP contribution < -0.4 is 5.32 Å². The summed E-state index contributed by atoms with van der Waals surface area (Å²) in [5, 5.41) is 11.7. The predicted molar refractivity (Wildman–Crippen MR) is 69.2 cm³/mol. The number of hydrogen-bond donors (Lipinski definition) is 2. The van der Waals surface area contributed by atoms with Crippen molar-refractivity contribution in [1.82, 2.24) is 5.32 Å². The zero-order valence-corrected chi connectivity index (χ0v) is 11.3. The van der Waals surface area contributed by atoms with Crippen LogP contribution in [0.15, 0.2) is 0 Å². The molecule has 0 saturated carbocycles. The molecule has 1 rings (SSSR count). The van der Waals surface area contributed by atoms with E-state index in [0.717, 1.165) is 31.4 Å².